The summed E-state index contributed by atoms with van der Waals surface area (Å²) in [4.78, 5) is 15.4. The molecule has 19 heavy (non-hydrogen) atoms. The van der Waals surface area contributed by atoms with Crippen LogP contribution in [0.25, 0.3) is 0 Å². The van der Waals surface area contributed by atoms with Crippen LogP contribution in [0.3, 0.4) is 0 Å². The van der Waals surface area contributed by atoms with Crippen LogP contribution < -0.4 is 0 Å². The Balaban J connectivity index is 1.75. The second kappa shape index (κ2) is 5.15. The van der Waals surface area contributed by atoms with Crippen molar-refractivity contribution in [1.82, 2.24) is 4.90 Å². The number of hydrogen-bond donors (Lipinski definition) is 1. The molecule has 2 aromatic rings. The first kappa shape index (κ1) is 12.4. The summed E-state index contributed by atoms with van der Waals surface area (Å²) in [7, 11) is 0. The Kier molecular flexibility index (Phi) is 3.36. The second-order valence-corrected chi connectivity index (χ2v) is 5.69. The summed E-state index contributed by atoms with van der Waals surface area (Å²) in [6, 6.07) is 11.2. The number of aliphatic hydroxyl groups excluding tert-OH is 1. The van der Waals surface area contributed by atoms with Gasteiger partial charge < -0.3 is 10.0 Å². The highest BCUT2D eigenvalue weighted by molar-refractivity contribution is 7.10. The fourth-order valence-electron chi connectivity index (χ4n) is 2.39. The summed E-state index contributed by atoms with van der Waals surface area (Å²) in [5, 5.41) is 12.2. The van der Waals surface area contributed by atoms with E-state index < -0.39 is 6.10 Å². The minimum absolute atomic E-state index is 0.206. The van der Waals surface area contributed by atoms with E-state index >= 15 is 0 Å². The molecule has 1 aromatic heterocycles. The van der Waals surface area contributed by atoms with Gasteiger partial charge in [-0.2, -0.15) is 0 Å². The Morgan fingerprint density at radius 3 is 2.84 bits per heavy atom. The first-order valence-electron chi connectivity index (χ1n) is 6.33. The number of aliphatic hydroxyl groups is 1. The van der Waals surface area contributed by atoms with Crippen LogP contribution in [0.4, 0.5) is 0 Å². The monoisotopic (exact) mass is 273 g/mol. The standard InChI is InChI=1S/C15H15NO2S/c17-14(11-4-2-1-3-5-11)15(18)16-8-6-13-12(10-16)7-9-19-13/h1-5,7,9,14,17H,6,8,10H2. The van der Waals surface area contributed by atoms with E-state index in [1.165, 1.54) is 10.4 Å². The Morgan fingerprint density at radius 2 is 2.05 bits per heavy atom. The van der Waals surface area contributed by atoms with Crippen molar-refractivity contribution in [3.8, 4) is 0 Å². The normalized spacial score (nSPS) is 15.9. The number of carbonyl (C=O) groups excluding carboxylic acids is 1. The first-order valence-corrected chi connectivity index (χ1v) is 7.21. The van der Waals surface area contributed by atoms with Crippen molar-refractivity contribution in [2.75, 3.05) is 6.54 Å². The van der Waals surface area contributed by atoms with Crippen molar-refractivity contribution < 1.29 is 9.90 Å². The lowest BCUT2D eigenvalue weighted by Crippen LogP contribution is -2.38. The molecule has 0 bridgehead atoms. The molecule has 0 spiro atoms. The third-order valence-electron chi connectivity index (χ3n) is 3.47. The highest BCUT2D eigenvalue weighted by atomic mass is 32.1. The van der Waals surface area contributed by atoms with Gasteiger partial charge in [-0.05, 0) is 29.0 Å². The van der Waals surface area contributed by atoms with Crippen LogP contribution in [0.5, 0.6) is 0 Å². The molecule has 3 nitrogen and oxygen atoms in total. The Hall–Kier alpha value is -1.65. The summed E-state index contributed by atoms with van der Waals surface area (Å²) in [5.41, 5.74) is 1.87. The highest BCUT2D eigenvalue weighted by Crippen LogP contribution is 2.26. The van der Waals surface area contributed by atoms with E-state index in [0.29, 0.717) is 18.7 Å². The van der Waals surface area contributed by atoms with Gasteiger partial charge in [-0.1, -0.05) is 30.3 Å². The van der Waals surface area contributed by atoms with E-state index in [1.54, 1.807) is 28.4 Å². The zero-order valence-corrected chi connectivity index (χ0v) is 11.3. The quantitative estimate of drug-likeness (QED) is 0.912. The number of hydrogen-bond acceptors (Lipinski definition) is 3. The molecule has 1 N–H and O–H groups in total. The topological polar surface area (TPSA) is 40.5 Å². The number of fused-ring (bicyclic) bond motifs is 1. The van der Waals surface area contributed by atoms with Gasteiger partial charge in [0.2, 0.25) is 0 Å². The van der Waals surface area contributed by atoms with Gasteiger partial charge in [0.25, 0.3) is 5.91 Å². The average molecular weight is 273 g/mol. The Morgan fingerprint density at radius 1 is 1.26 bits per heavy atom. The van der Waals surface area contributed by atoms with Gasteiger partial charge in [-0.15, -0.1) is 11.3 Å². The van der Waals surface area contributed by atoms with Gasteiger partial charge in [0.15, 0.2) is 6.10 Å². The van der Waals surface area contributed by atoms with Crippen LogP contribution >= 0.6 is 11.3 Å². The first-order chi connectivity index (χ1) is 9.25. The van der Waals surface area contributed by atoms with E-state index in [9.17, 15) is 9.90 Å². The summed E-state index contributed by atoms with van der Waals surface area (Å²) >= 11 is 1.74. The third-order valence-corrected chi connectivity index (χ3v) is 4.49. The lowest BCUT2D eigenvalue weighted by Gasteiger charge is -2.29. The molecule has 1 aliphatic heterocycles. The van der Waals surface area contributed by atoms with Crippen molar-refractivity contribution >= 4 is 17.2 Å². The van der Waals surface area contributed by atoms with Gasteiger partial charge >= 0.3 is 0 Å². The Labute approximate surface area is 116 Å². The second-order valence-electron chi connectivity index (χ2n) is 4.69. The number of nitrogens with zero attached hydrogens (tertiary/aromatic N) is 1. The van der Waals surface area contributed by atoms with Crippen LogP contribution in [-0.2, 0) is 17.8 Å². The van der Waals surface area contributed by atoms with E-state index in [1.807, 2.05) is 18.2 Å². The third kappa shape index (κ3) is 2.41. The molecule has 1 unspecified atom stereocenters. The molecule has 1 aliphatic rings. The van der Waals surface area contributed by atoms with E-state index in [4.69, 9.17) is 0 Å². The highest BCUT2D eigenvalue weighted by Gasteiger charge is 2.27. The summed E-state index contributed by atoms with van der Waals surface area (Å²) in [5.74, 6) is -0.206. The number of rotatable bonds is 2. The fraction of sp³-hybridized carbons (Fsp3) is 0.267. The van der Waals surface area contributed by atoms with Crippen LogP contribution in [0.1, 0.15) is 22.1 Å². The summed E-state index contributed by atoms with van der Waals surface area (Å²) < 4.78 is 0. The van der Waals surface area contributed by atoms with Crippen molar-refractivity contribution in [2.45, 2.75) is 19.1 Å². The van der Waals surface area contributed by atoms with E-state index in [2.05, 4.69) is 11.4 Å². The lowest BCUT2D eigenvalue weighted by atomic mass is 10.1. The number of benzene rings is 1. The van der Waals surface area contributed by atoms with Crippen molar-refractivity contribution in [1.29, 1.82) is 0 Å². The summed E-state index contributed by atoms with van der Waals surface area (Å²) in [6.07, 6.45) is -0.165. The van der Waals surface area contributed by atoms with Gasteiger partial charge in [0, 0.05) is 18.0 Å². The molecule has 0 fully saturated rings. The van der Waals surface area contributed by atoms with Crippen LogP contribution in [0.15, 0.2) is 41.8 Å². The molecule has 1 amide bonds. The summed E-state index contributed by atoms with van der Waals surface area (Å²) in [6.45, 7) is 1.30. The maximum absolute atomic E-state index is 12.3. The Bertz CT molecular complexity index is 579. The van der Waals surface area contributed by atoms with Gasteiger partial charge in [0.1, 0.15) is 0 Å². The average Bonchev–Trinajstić information content (AvgIpc) is 2.94. The predicted octanol–water partition coefficient (Wildman–Crippen LogP) is 2.37. The molecule has 1 atom stereocenters. The molecule has 2 heterocycles. The molecule has 98 valence electrons. The molecule has 4 heteroatoms. The minimum Gasteiger partial charge on any atom is -0.378 e. The van der Waals surface area contributed by atoms with Crippen LogP contribution in [0, 0.1) is 0 Å². The molecular weight excluding hydrogens is 258 g/mol. The zero-order chi connectivity index (χ0) is 13.2. The SMILES string of the molecule is O=C(C(O)c1ccccc1)N1CCc2sccc2C1. The number of carbonyl (C=O) groups is 1. The molecule has 3 rings (SSSR count). The fourth-order valence-corrected chi connectivity index (χ4v) is 3.28. The van der Waals surface area contributed by atoms with Crippen LogP contribution in [-0.4, -0.2) is 22.5 Å². The van der Waals surface area contributed by atoms with Crippen molar-refractivity contribution in [3.63, 3.8) is 0 Å². The van der Waals surface area contributed by atoms with Gasteiger partial charge in [-0.3, -0.25) is 4.79 Å². The minimum atomic E-state index is -1.05. The van der Waals surface area contributed by atoms with Crippen molar-refractivity contribution in [2.24, 2.45) is 0 Å². The maximum Gasteiger partial charge on any atom is 0.256 e. The molecular formula is C15H15NO2S. The molecule has 1 aromatic carbocycles. The molecule has 0 saturated heterocycles. The van der Waals surface area contributed by atoms with E-state index in [-0.39, 0.29) is 5.91 Å². The van der Waals surface area contributed by atoms with Gasteiger partial charge in [-0.25, -0.2) is 0 Å². The smallest absolute Gasteiger partial charge is 0.256 e. The zero-order valence-electron chi connectivity index (χ0n) is 10.5. The molecule has 0 aliphatic carbocycles. The maximum atomic E-state index is 12.3. The van der Waals surface area contributed by atoms with Crippen LogP contribution in [0.2, 0.25) is 0 Å². The number of thiophene rings is 1. The number of amides is 1. The lowest BCUT2D eigenvalue weighted by molar-refractivity contribution is -0.141. The van der Waals surface area contributed by atoms with E-state index in [0.717, 1.165) is 6.42 Å². The molecule has 0 saturated carbocycles. The predicted molar refractivity (Wildman–Crippen MR) is 74.8 cm³/mol. The largest absolute Gasteiger partial charge is 0.378 e. The van der Waals surface area contributed by atoms with Gasteiger partial charge in [0.05, 0.1) is 0 Å². The molecule has 0 radical (unpaired) electrons. The van der Waals surface area contributed by atoms with Crippen molar-refractivity contribution in [3.05, 3.63) is 57.8 Å².